The molecule has 2 aromatic heterocycles. The first-order valence-corrected chi connectivity index (χ1v) is 8.37. The standard InChI is InChI=1S/C17H25N5O/c1-4-6-21(3)10-13-5-7-22(11-13)17(23)14-8-15-12(2)19-20-16(15)18-9-14/h8-9,13H,4-7,10-11H2,1-3H3,(H,18,19,20). The van der Waals surface area contributed by atoms with E-state index in [4.69, 9.17) is 0 Å². The maximum atomic E-state index is 12.7. The Bertz CT molecular complexity index is 695. The molecule has 1 atom stereocenters. The minimum Gasteiger partial charge on any atom is -0.338 e. The maximum absolute atomic E-state index is 12.7. The number of aromatic amines is 1. The zero-order valence-corrected chi connectivity index (χ0v) is 14.2. The number of carbonyl (C=O) groups is 1. The smallest absolute Gasteiger partial charge is 0.255 e. The van der Waals surface area contributed by atoms with Crippen molar-refractivity contribution >= 4 is 16.9 Å². The Morgan fingerprint density at radius 1 is 1.52 bits per heavy atom. The van der Waals surface area contributed by atoms with Gasteiger partial charge < -0.3 is 9.80 Å². The number of nitrogens with zero attached hydrogens (tertiary/aromatic N) is 4. The Labute approximate surface area is 136 Å². The van der Waals surface area contributed by atoms with Crippen molar-refractivity contribution in [1.29, 1.82) is 0 Å². The van der Waals surface area contributed by atoms with Crippen LogP contribution in [-0.2, 0) is 0 Å². The molecule has 0 spiro atoms. The molecule has 1 amide bonds. The SMILES string of the molecule is CCCN(C)CC1CCN(C(=O)c2cnc3n[nH]c(C)c3c2)C1. The molecule has 3 rings (SSSR count). The molecule has 1 fully saturated rings. The second-order valence-electron chi connectivity index (χ2n) is 6.61. The van der Waals surface area contributed by atoms with Crippen LogP contribution in [0.1, 0.15) is 35.8 Å². The number of likely N-dealkylation sites (tertiary alicyclic amines) is 1. The fourth-order valence-corrected chi connectivity index (χ4v) is 3.40. The first-order chi connectivity index (χ1) is 11.1. The summed E-state index contributed by atoms with van der Waals surface area (Å²) >= 11 is 0. The number of hydrogen-bond acceptors (Lipinski definition) is 4. The lowest BCUT2D eigenvalue weighted by Crippen LogP contribution is -2.32. The fraction of sp³-hybridized carbons (Fsp3) is 0.588. The molecule has 0 bridgehead atoms. The van der Waals surface area contributed by atoms with Crippen molar-refractivity contribution in [3.05, 3.63) is 23.5 Å². The van der Waals surface area contributed by atoms with E-state index in [1.54, 1.807) is 6.20 Å². The second-order valence-corrected chi connectivity index (χ2v) is 6.61. The molecule has 23 heavy (non-hydrogen) atoms. The zero-order valence-electron chi connectivity index (χ0n) is 14.2. The normalized spacial score (nSPS) is 18.3. The second kappa shape index (κ2) is 6.66. The predicted octanol–water partition coefficient (Wildman–Crippen LogP) is 2.07. The number of fused-ring (bicyclic) bond motifs is 1. The summed E-state index contributed by atoms with van der Waals surface area (Å²) in [6.07, 6.45) is 3.89. The van der Waals surface area contributed by atoms with Gasteiger partial charge in [0.2, 0.25) is 0 Å². The first-order valence-electron chi connectivity index (χ1n) is 8.37. The minimum absolute atomic E-state index is 0.0839. The number of carbonyl (C=O) groups excluding carboxylic acids is 1. The van der Waals surface area contributed by atoms with Crippen LogP contribution >= 0.6 is 0 Å². The van der Waals surface area contributed by atoms with Gasteiger partial charge in [0.15, 0.2) is 5.65 Å². The highest BCUT2D eigenvalue weighted by Crippen LogP contribution is 2.21. The van der Waals surface area contributed by atoms with Gasteiger partial charge in [0.05, 0.1) is 5.56 Å². The molecule has 2 aromatic rings. The van der Waals surface area contributed by atoms with E-state index in [0.29, 0.717) is 17.1 Å². The van der Waals surface area contributed by atoms with Gasteiger partial charge in [0.1, 0.15) is 0 Å². The number of H-pyrrole nitrogens is 1. The average molecular weight is 315 g/mol. The predicted molar refractivity (Wildman–Crippen MR) is 90.4 cm³/mol. The summed E-state index contributed by atoms with van der Waals surface area (Å²) in [6.45, 7) is 8.00. The van der Waals surface area contributed by atoms with Gasteiger partial charge >= 0.3 is 0 Å². The molecule has 0 radical (unpaired) electrons. The topological polar surface area (TPSA) is 65.1 Å². The van der Waals surface area contributed by atoms with Crippen LogP contribution < -0.4 is 0 Å². The molecule has 0 aromatic carbocycles. The summed E-state index contributed by atoms with van der Waals surface area (Å²) in [5.74, 6) is 0.656. The Balaban J connectivity index is 1.67. The van der Waals surface area contributed by atoms with Gasteiger partial charge in [0, 0.05) is 36.9 Å². The van der Waals surface area contributed by atoms with Gasteiger partial charge in [-0.05, 0) is 45.3 Å². The highest BCUT2D eigenvalue weighted by atomic mass is 16.2. The maximum Gasteiger partial charge on any atom is 0.255 e. The molecule has 6 heteroatoms. The quantitative estimate of drug-likeness (QED) is 0.917. The third-order valence-electron chi connectivity index (χ3n) is 4.60. The molecule has 1 saturated heterocycles. The van der Waals surface area contributed by atoms with E-state index in [1.165, 1.54) is 6.42 Å². The Morgan fingerprint density at radius 2 is 2.35 bits per heavy atom. The van der Waals surface area contributed by atoms with Crippen molar-refractivity contribution in [1.82, 2.24) is 25.0 Å². The van der Waals surface area contributed by atoms with Crippen molar-refractivity contribution in [2.75, 3.05) is 33.2 Å². The molecule has 124 valence electrons. The van der Waals surface area contributed by atoms with Gasteiger partial charge in [-0.25, -0.2) is 4.98 Å². The van der Waals surface area contributed by atoms with E-state index < -0.39 is 0 Å². The van der Waals surface area contributed by atoms with Crippen LogP contribution in [0.15, 0.2) is 12.3 Å². The van der Waals surface area contributed by atoms with E-state index in [1.807, 2.05) is 17.9 Å². The molecular weight excluding hydrogens is 290 g/mol. The summed E-state index contributed by atoms with van der Waals surface area (Å²) in [5, 5.41) is 7.95. The lowest BCUT2D eigenvalue weighted by Gasteiger charge is -2.21. The lowest BCUT2D eigenvalue weighted by molar-refractivity contribution is 0.0784. The summed E-state index contributed by atoms with van der Waals surface area (Å²) in [5.41, 5.74) is 2.27. The zero-order chi connectivity index (χ0) is 16.4. The third-order valence-corrected chi connectivity index (χ3v) is 4.60. The van der Waals surface area contributed by atoms with Crippen LogP contribution in [0.25, 0.3) is 11.0 Å². The highest BCUT2D eigenvalue weighted by Gasteiger charge is 2.28. The molecule has 1 aliphatic rings. The monoisotopic (exact) mass is 315 g/mol. The van der Waals surface area contributed by atoms with Crippen LogP contribution in [0.2, 0.25) is 0 Å². The highest BCUT2D eigenvalue weighted by molar-refractivity contribution is 5.97. The van der Waals surface area contributed by atoms with Gasteiger partial charge in [-0.15, -0.1) is 0 Å². The Morgan fingerprint density at radius 3 is 3.13 bits per heavy atom. The molecule has 3 heterocycles. The number of pyridine rings is 1. The number of aryl methyl sites for hydroxylation is 1. The fourth-order valence-electron chi connectivity index (χ4n) is 3.40. The van der Waals surface area contributed by atoms with E-state index in [9.17, 15) is 4.79 Å². The largest absolute Gasteiger partial charge is 0.338 e. The van der Waals surface area contributed by atoms with Gasteiger partial charge in [-0.3, -0.25) is 9.89 Å². The molecule has 1 aliphatic heterocycles. The van der Waals surface area contributed by atoms with Crippen molar-refractivity contribution in [2.45, 2.75) is 26.7 Å². The summed E-state index contributed by atoms with van der Waals surface area (Å²) in [7, 11) is 2.16. The summed E-state index contributed by atoms with van der Waals surface area (Å²) < 4.78 is 0. The number of hydrogen-bond donors (Lipinski definition) is 1. The first kappa shape index (κ1) is 15.9. The molecule has 0 saturated carbocycles. The van der Waals surface area contributed by atoms with Crippen LogP contribution in [0, 0.1) is 12.8 Å². The molecular formula is C17H25N5O. The number of rotatable bonds is 5. The van der Waals surface area contributed by atoms with E-state index in [0.717, 1.165) is 43.7 Å². The molecule has 1 unspecified atom stereocenters. The lowest BCUT2D eigenvalue weighted by atomic mass is 10.1. The minimum atomic E-state index is 0.0839. The molecule has 0 aliphatic carbocycles. The molecule has 6 nitrogen and oxygen atoms in total. The number of amides is 1. The van der Waals surface area contributed by atoms with E-state index in [-0.39, 0.29) is 5.91 Å². The Hall–Kier alpha value is -1.95. The van der Waals surface area contributed by atoms with Gasteiger partial charge in [-0.2, -0.15) is 5.10 Å². The van der Waals surface area contributed by atoms with Crippen molar-refractivity contribution in [3.8, 4) is 0 Å². The van der Waals surface area contributed by atoms with Gasteiger partial charge in [0.25, 0.3) is 5.91 Å². The van der Waals surface area contributed by atoms with Crippen molar-refractivity contribution in [2.24, 2.45) is 5.92 Å². The van der Waals surface area contributed by atoms with E-state index in [2.05, 4.69) is 34.1 Å². The van der Waals surface area contributed by atoms with E-state index >= 15 is 0 Å². The number of nitrogens with one attached hydrogen (secondary N) is 1. The number of aromatic nitrogens is 3. The van der Waals surface area contributed by atoms with Gasteiger partial charge in [-0.1, -0.05) is 6.92 Å². The third kappa shape index (κ3) is 3.37. The van der Waals surface area contributed by atoms with Crippen molar-refractivity contribution < 1.29 is 4.79 Å². The van der Waals surface area contributed by atoms with Crippen LogP contribution in [0.3, 0.4) is 0 Å². The average Bonchev–Trinajstić information content (AvgIpc) is 3.14. The Kier molecular flexibility index (Phi) is 4.61. The van der Waals surface area contributed by atoms with Crippen LogP contribution in [0.5, 0.6) is 0 Å². The summed E-state index contributed by atoms with van der Waals surface area (Å²) in [4.78, 5) is 21.3. The van der Waals surface area contributed by atoms with Crippen molar-refractivity contribution in [3.63, 3.8) is 0 Å². The molecule has 1 N–H and O–H groups in total. The summed E-state index contributed by atoms with van der Waals surface area (Å²) in [6, 6.07) is 1.90. The van der Waals surface area contributed by atoms with Crippen LogP contribution in [-0.4, -0.2) is 64.1 Å². The van der Waals surface area contributed by atoms with Crippen LogP contribution in [0.4, 0.5) is 0 Å².